The van der Waals surface area contributed by atoms with Gasteiger partial charge in [-0.2, -0.15) is 0 Å². The Bertz CT molecular complexity index is 538. The summed E-state index contributed by atoms with van der Waals surface area (Å²) in [7, 11) is 0. The Labute approximate surface area is 104 Å². The molecule has 0 aliphatic rings. The second-order valence-corrected chi connectivity index (χ2v) is 3.70. The Kier molecular flexibility index (Phi) is 3.57. The van der Waals surface area contributed by atoms with Crippen LogP contribution in [-0.4, -0.2) is 21.1 Å². The van der Waals surface area contributed by atoms with Crippen molar-refractivity contribution >= 4 is 5.69 Å². The number of nitro benzene ring substituents is 1. The first-order valence-corrected chi connectivity index (χ1v) is 5.62. The smallest absolute Gasteiger partial charge is 0.334 e. The number of hydrogen-bond donors (Lipinski definition) is 0. The summed E-state index contributed by atoms with van der Waals surface area (Å²) in [5, 5.41) is 11.2. The van der Waals surface area contributed by atoms with E-state index in [2.05, 4.69) is 4.98 Å². The lowest BCUT2D eigenvalue weighted by Crippen LogP contribution is -2.03. The van der Waals surface area contributed by atoms with Crippen molar-refractivity contribution in [3.63, 3.8) is 0 Å². The van der Waals surface area contributed by atoms with Crippen LogP contribution in [0.5, 0.6) is 5.75 Å². The third kappa shape index (κ3) is 2.32. The van der Waals surface area contributed by atoms with Gasteiger partial charge in [-0.3, -0.25) is 10.1 Å². The molecule has 0 radical (unpaired) electrons. The Morgan fingerprint density at radius 2 is 2.33 bits per heavy atom. The van der Waals surface area contributed by atoms with Gasteiger partial charge in [-0.15, -0.1) is 0 Å². The first-order valence-electron chi connectivity index (χ1n) is 5.62. The van der Waals surface area contributed by atoms with Gasteiger partial charge in [0.15, 0.2) is 5.75 Å². The molecule has 0 atom stereocenters. The van der Waals surface area contributed by atoms with Crippen LogP contribution in [0.2, 0.25) is 0 Å². The zero-order chi connectivity index (χ0) is 13.0. The number of hydrogen-bond acceptors (Lipinski definition) is 4. The molecule has 2 rings (SSSR count). The summed E-state index contributed by atoms with van der Waals surface area (Å²) in [5.74, 6) is 0.285. The number of nitrogens with zero attached hydrogens (tertiary/aromatic N) is 3. The fourth-order valence-electron chi connectivity index (χ4n) is 1.63. The zero-order valence-corrected chi connectivity index (χ0v) is 9.94. The summed E-state index contributed by atoms with van der Waals surface area (Å²) in [4.78, 5) is 14.7. The molecule has 1 aromatic carbocycles. The highest BCUT2D eigenvalue weighted by atomic mass is 16.6. The van der Waals surface area contributed by atoms with Gasteiger partial charge in [0.05, 0.1) is 17.9 Å². The molecule has 0 spiro atoms. The molecule has 18 heavy (non-hydrogen) atoms. The molecular weight excluding hydrogens is 234 g/mol. The SMILES string of the molecule is CCCOc1cccc(-n2ccnc2)c1[N+](=O)[O-]. The molecule has 0 amide bonds. The lowest BCUT2D eigenvalue weighted by atomic mass is 10.2. The van der Waals surface area contributed by atoms with Gasteiger partial charge in [0.25, 0.3) is 0 Å². The minimum Gasteiger partial charge on any atom is -0.487 e. The van der Waals surface area contributed by atoms with Crippen molar-refractivity contribution in [2.75, 3.05) is 6.61 Å². The molecule has 0 saturated heterocycles. The summed E-state index contributed by atoms with van der Waals surface area (Å²) in [6, 6.07) is 5.00. The molecule has 0 saturated carbocycles. The quantitative estimate of drug-likeness (QED) is 0.601. The summed E-state index contributed by atoms with van der Waals surface area (Å²) in [5.41, 5.74) is 0.412. The second-order valence-electron chi connectivity index (χ2n) is 3.70. The van der Waals surface area contributed by atoms with Gasteiger partial charge in [0, 0.05) is 12.4 Å². The van der Waals surface area contributed by atoms with Crippen LogP contribution >= 0.6 is 0 Å². The number of imidazole rings is 1. The van der Waals surface area contributed by atoms with Crippen LogP contribution < -0.4 is 4.74 Å². The summed E-state index contributed by atoms with van der Waals surface area (Å²) in [6.07, 6.45) is 5.55. The highest BCUT2D eigenvalue weighted by molar-refractivity contribution is 5.61. The van der Waals surface area contributed by atoms with Crippen LogP contribution in [0.3, 0.4) is 0 Å². The number of aromatic nitrogens is 2. The molecule has 0 aliphatic carbocycles. The van der Waals surface area contributed by atoms with E-state index in [9.17, 15) is 10.1 Å². The topological polar surface area (TPSA) is 70.2 Å². The average Bonchev–Trinajstić information content (AvgIpc) is 2.89. The van der Waals surface area contributed by atoms with Gasteiger partial charge >= 0.3 is 5.69 Å². The normalized spacial score (nSPS) is 10.3. The van der Waals surface area contributed by atoms with Gasteiger partial charge in [0.2, 0.25) is 0 Å². The lowest BCUT2D eigenvalue weighted by molar-refractivity contribution is -0.385. The molecule has 0 fully saturated rings. The number of ether oxygens (including phenoxy) is 1. The van der Waals surface area contributed by atoms with E-state index in [0.29, 0.717) is 12.3 Å². The van der Waals surface area contributed by atoms with Crippen molar-refractivity contribution < 1.29 is 9.66 Å². The molecule has 6 nitrogen and oxygen atoms in total. The average molecular weight is 247 g/mol. The summed E-state index contributed by atoms with van der Waals surface area (Å²) in [6.45, 7) is 2.40. The van der Waals surface area contributed by atoms with Crippen molar-refractivity contribution in [3.05, 3.63) is 47.0 Å². The number of para-hydroxylation sites is 1. The Balaban J connectivity index is 2.49. The van der Waals surface area contributed by atoms with Crippen molar-refractivity contribution in [1.82, 2.24) is 9.55 Å². The van der Waals surface area contributed by atoms with Crippen molar-refractivity contribution in [3.8, 4) is 11.4 Å². The maximum atomic E-state index is 11.2. The van der Waals surface area contributed by atoms with Crippen LogP contribution in [-0.2, 0) is 0 Å². The van der Waals surface area contributed by atoms with E-state index in [1.165, 1.54) is 6.33 Å². The van der Waals surface area contributed by atoms with E-state index >= 15 is 0 Å². The van der Waals surface area contributed by atoms with Gasteiger partial charge in [-0.05, 0) is 18.6 Å². The lowest BCUT2D eigenvalue weighted by Gasteiger charge is -2.09. The van der Waals surface area contributed by atoms with Gasteiger partial charge in [-0.25, -0.2) is 4.98 Å². The monoisotopic (exact) mass is 247 g/mol. The highest BCUT2D eigenvalue weighted by Crippen LogP contribution is 2.33. The van der Waals surface area contributed by atoms with Gasteiger partial charge < -0.3 is 9.30 Å². The molecule has 2 aromatic rings. The molecular formula is C12H13N3O3. The molecule has 94 valence electrons. The van der Waals surface area contributed by atoms with E-state index in [1.54, 1.807) is 35.2 Å². The molecule has 0 aliphatic heterocycles. The molecule has 0 N–H and O–H groups in total. The van der Waals surface area contributed by atoms with E-state index in [4.69, 9.17) is 4.74 Å². The Morgan fingerprint density at radius 3 is 2.94 bits per heavy atom. The molecule has 1 aromatic heterocycles. The summed E-state index contributed by atoms with van der Waals surface area (Å²) >= 11 is 0. The standard InChI is InChI=1S/C12H13N3O3/c1-2-8-18-11-5-3-4-10(12(11)15(16)17)14-7-6-13-9-14/h3-7,9H,2,8H2,1H3. The fraction of sp³-hybridized carbons (Fsp3) is 0.250. The predicted octanol–water partition coefficient (Wildman–Crippen LogP) is 2.57. The Morgan fingerprint density at radius 1 is 1.50 bits per heavy atom. The number of nitro groups is 1. The van der Waals surface area contributed by atoms with E-state index in [0.717, 1.165) is 6.42 Å². The minimum absolute atomic E-state index is 0.0380. The number of benzene rings is 1. The third-order valence-corrected chi connectivity index (χ3v) is 2.40. The Hall–Kier alpha value is -2.37. The fourth-order valence-corrected chi connectivity index (χ4v) is 1.63. The van der Waals surface area contributed by atoms with Crippen LogP contribution in [0.15, 0.2) is 36.9 Å². The van der Waals surface area contributed by atoms with Crippen LogP contribution in [0.25, 0.3) is 5.69 Å². The second kappa shape index (κ2) is 5.31. The minimum atomic E-state index is -0.430. The maximum absolute atomic E-state index is 11.2. The van der Waals surface area contributed by atoms with Crippen LogP contribution in [0, 0.1) is 10.1 Å². The first-order chi connectivity index (χ1) is 8.74. The van der Waals surface area contributed by atoms with Crippen LogP contribution in [0.1, 0.15) is 13.3 Å². The largest absolute Gasteiger partial charge is 0.487 e. The number of rotatable bonds is 5. The first kappa shape index (κ1) is 12.1. The van der Waals surface area contributed by atoms with Crippen molar-refractivity contribution in [2.24, 2.45) is 0 Å². The van der Waals surface area contributed by atoms with E-state index in [-0.39, 0.29) is 11.4 Å². The molecule has 1 heterocycles. The summed E-state index contributed by atoms with van der Waals surface area (Å²) < 4.78 is 7.01. The third-order valence-electron chi connectivity index (χ3n) is 2.40. The van der Waals surface area contributed by atoms with Gasteiger partial charge in [-0.1, -0.05) is 13.0 Å². The van der Waals surface area contributed by atoms with Crippen molar-refractivity contribution in [2.45, 2.75) is 13.3 Å². The molecule has 0 bridgehead atoms. The highest BCUT2D eigenvalue weighted by Gasteiger charge is 2.21. The zero-order valence-electron chi connectivity index (χ0n) is 9.94. The van der Waals surface area contributed by atoms with Crippen LogP contribution in [0.4, 0.5) is 5.69 Å². The molecule has 0 unspecified atom stereocenters. The van der Waals surface area contributed by atoms with Gasteiger partial charge in [0.1, 0.15) is 5.69 Å². The van der Waals surface area contributed by atoms with E-state index in [1.807, 2.05) is 6.92 Å². The predicted molar refractivity (Wildman–Crippen MR) is 66.0 cm³/mol. The van der Waals surface area contributed by atoms with Crippen molar-refractivity contribution in [1.29, 1.82) is 0 Å². The van der Waals surface area contributed by atoms with E-state index < -0.39 is 4.92 Å². The maximum Gasteiger partial charge on any atom is 0.334 e. The molecule has 6 heteroatoms.